The molecule has 1 atom stereocenters. The minimum Gasteiger partial charge on any atom is -1.00 e. The molecule has 1 aromatic carbocycles. The van der Waals surface area contributed by atoms with Crippen molar-refractivity contribution in [1.82, 2.24) is 0 Å². The smallest absolute Gasteiger partial charge is 0.338 e. The van der Waals surface area contributed by atoms with Gasteiger partial charge >= 0.3 is 5.97 Å². The molecule has 0 radical (unpaired) electrons. The van der Waals surface area contributed by atoms with Gasteiger partial charge in [-0.1, -0.05) is 107 Å². The van der Waals surface area contributed by atoms with Crippen LogP contribution in [-0.2, 0) is 20.8 Å². The molecule has 0 saturated heterocycles. The number of rotatable bonds is 21. The number of methoxy groups -OCH3 is 1. The highest BCUT2D eigenvalue weighted by molar-refractivity contribution is 7.07. The van der Waals surface area contributed by atoms with Gasteiger partial charge in [-0.2, -0.15) is 4.57 Å². The number of esters is 1. The summed E-state index contributed by atoms with van der Waals surface area (Å²) in [6.45, 7) is 4.27. The van der Waals surface area contributed by atoms with E-state index in [0.717, 1.165) is 18.6 Å². The fourth-order valence-electron chi connectivity index (χ4n) is 4.10. The summed E-state index contributed by atoms with van der Waals surface area (Å²) in [5, 5.41) is 2.02. The third-order valence-corrected chi connectivity index (χ3v) is 6.97. The molecule has 0 spiro atoms. The van der Waals surface area contributed by atoms with Crippen molar-refractivity contribution in [2.24, 2.45) is 0 Å². The molecule has 1 heterocycles. The van der Waals surface area contributed by atoms with Crippen molar-refractivity contribution >= 4 is 17.3 Å². The first-order chi connectivity index (χ1) is 17.2. The minimum atomic E-state index is -0.320. The van der Waals surface area contributed by atoms with Gasteiger partial charge in [-0.05, 0) is 12.5 Å². The maximum Gasteiger partial charge on any atom is 0.338 e. The van der Waals surface area contributed by atoms with Crippen LogP contribution in [0, 0.1) is 0 Å². The first-order valence-electron chi connectivity index (χ1n) is 13.5. The van der Waals surface area contributed by atoms with Gasteiger partial charge < -0.3 is 31.2 Å². The third kappa shape index (κ3) is 14.5. The molecule has 36 heavy (non-hydrogen) atoms. The summed E-state index contributed by atoms with van der Waals surface area (Å²) in [6, 6.07) is 7.59. The van der Waals surface area contributed by atoms with E-state index >= 15 is 0 Å². The van der Waals surface area contributed by atoms with E-state index in [-0.39, 0.29) is 35.7 Å². The van der Waals surface area contributed by atoms with Gasteiger partial charge in [-0.15, -0.1) is 0 Å². The first-order valence-corrected chi connectivity index (χ1v) is 14.5. The Bertz CT molecular complexity index is 787. The number of ether oxygens (including phenoxy) is 3. The zero-order valence-corrected chi connectivity index (χ0v) is 24.7. The zero-order chi connectivity index (χ0) is 25.0. The molecule has 0 bridgehead atoms. The molecule has 5 nitrogen and oxygen atoms in total. The van der Waals surface area contributed by atoms with Crippen molar-refractivity contribution in [3.8, 4) is 0 Å². The van der Waals surface area contributed by atoms with Crippen LogP contribution in [0.5, 0.6) is 0 Å². The number of hydrogen-bond acceptors (Lipinski definition) is 5. The Morgan fingerprint density at radius 3 is 2.17 bits per heavy atom. The second-order valence-corrected chi connectivity index (χ2v) is 10.0. The van der Waals surface area contributed by atoms with Crippen LogP contribution in [0.25, 0.3) is 0 Å². The van der Waals surface area contributed by atoms with Gasteiger partial charge in [-0.25, -0.2) is 4.79 Å². The molecule has 7 heteroatoms. The lowest BCUT2D eigenvalue weighted by molar-refractivity contribution is -0.683. The highest BCUT2D eigenvalue weighted by Crippen LogP contribution is 2.13. The maximum atomic E-state index is 12.7. The normalized spacial score (nSPS) is 11.7. The molecular weight excluding hydrogens is 538 g/mol. The zero-order valence-electron chi connectivity index (χ0n) is 22.3. The predicted molar refractivity (Wildman–Crippen MR) is 143 cm³/mol. The average molecular weight is 585 g/mol. The van der Waals surface area contributed by atoms with E-state index in [2.05, 4.69) is 11.5 Å². The van der Waals surface area contributed by atoms with Crippen LogP contribution in [0.4, 0.5) is 0 Å². The van der Waals surface area contributed by atoms with E-state index in [0.29, 0.717) is 18.7 Å². The molecule has 204 valence electrons. The Morgan fingerprint density at radius 2 is 1.56 bits per heavy atom. The number of aromatic nitrogens is 1. The second-order valence-electron chi connectivity index (χ2n) is 9.28. The summed E-state index contributed by atoms with van der Waals surface area (Å²) >= 11 is 1.63. The molecular formula is C29H46BrNO4S. The van der Waals surface area contributed by atoms with E-state index < -0.39 is 0 Å². The molecule has 0 amide bonds. The summed E-state index contributed by atoms with van der Waals surface area (Å²) in [5.41, 5.74) is 3.56. The SMILES string of the molecule is CCCCCCCCCCCCCCOCC(COC(=O)c1ccccc1C[n+]1ccsc1)OC.[Br-]. The van der Waals surface area contributed by atoms with Crippen LogP contribution in [0.15, 0.2) is 41.4 Å². The van der Waals surface area contributed by atoms with Crippen molar-refractivity contribution in [1.29, 1.82) is 0 Å². The number of carbonyl (C=O) groups is 1. The standard InChI is InChI=1S/C29H46NO4S.BrH/c1-3-4-5-6-7-8-9-10-11-12-13-16-20-33-23-27(32-2)24-34-29(31)28-18-15-14-17-26(28)22-30-19-21-35-25-30;/h14-15,17-19,21,25,27H,3-13,16,20,22-24H2,1-2H3;1H/q+1;/p-1. The van der Waals surface area contributed by atoms with Gasteiger partial charge in [-0.3, -0.25) is 0 Å². The molecule has 0 aliphatic rings. The Balaban J connectivity index is 0.00000648. The Kier molecular flexibility index (Phi) is 19.8. The molecule has 0 aliphatic carbocycles. The highest BCUT2D eigenvalue weighted by atomic mass is 79.9. The van der Waals surface area contributed by atoms with Crippen LogP contribution < -0.4 is 21.5 Å². The molecule has 1 aromatic heterocycles. The second kappa shape index (κ2) is 21.8. The number of carbonyl (C=O) groups excluding carboxylic acids is 1. The largest absolute Gasteiger partial charge is 1.00 e. The van der Waals surface area contributed by atoms with Crippen LogP contribution in [-0.4, -0.2) is 39.0 Å². The van der Waals surface area contributed by atoms with E-state index in [1.807, 2.05) is 41.4 Å². The van der Waals surface area contributed by atoms with Gasteiger partial charge in [0.15, 0.2) is 12.7 Å². The number of benzene rings is 1. The molecule has 0 saturated carbocycles. The number of nitrogens with zero attached hydrogens (tertiary/aromatic N) is 1. The fourth-order valence-corrected chi connectivity index (χ4v) is 4.69. The number of thiazole rings is 1. The molecule has 2 aromatic rings. The number of unbranched alkanes of at least 4 members (excludes halogenated alkanes) is 11. The van der Waals surface area contributed by atoms with Crippen molar-refractivity contribution in [3.63, 3.8) is 0 Å². The van der Waals surface area contributed by atoms with Crippen molar-refractivity contribution in [2.45, 2.75) is 96.6 Å². The lowest BCUT2D eigenvalue weighted by Crippen LogP contribution is -3.00. The van der Waals surface area contributed by atoms with E-state index in [1.54, 1.807) is 18.4 Å². The van der Waals surface area contributed by atoms with Crippen molar-refractivity contribution in [3.05, 3.63) is 52.5 Å². The summed E-state index contributed by atoms with van der Waals surface area (Å²) < 4.78 is 18.9. The first kappa shape index (κ1) is 32.7. The summed E-state index contributed by atoms with van der Waals surface area (Å²) in [7, 11) is 1.63. The minimum absolute atomic E-state index is 0. The van der Waals surface area contributed by atoms with Crippen LogP contribution >= 0.6 is 11.3 Å². The Morgan fingerprint density at radius 1 is 0.917 bits per heavy atom. The van der Waals surface area contributed by atoms with E-state index in [1.165, 1.54) is 70.6 Å². The van der Waals surface area contributed by atoms with Crippen LogP contribution in [0.2, 0.25) is 0 Å². The average Bonchev–Trinajstić information content (AvgIpc) is 3.39. The third-order valence-electron chi connectivity index (χ3n) is 6.30. The monoisotopic (exact) mass is 583 g/mol. The summed E-state index contributed by atoms with van der Waals surface area (Å²) in [4.78, 5) is 12.7. The van der Waals surface area contributed by atoms with Gasteiger partial charge in [0.05, 0.1) is 17.6 Å². The van der Waals surface area contributed by atoms with Gasteiger partial charge in [0, 0.05) is 19.3 Å². The molecule has 0 N–H and O–H groups in total. The lowest BCUT2D eigenvalue weighted by Gasteiger charge is -2.16. The summed E-state index contributed by atoms with van der Waals surface area (Å²) in [6.07, 6.45) is 17.7. The van der Waals surface area contributed by atoms with Crippen molar-refractivity contribution in [2.75, 3.05) is 26.9 Å². The van der Waals surface area contributed by atoms with Crippen molar-refractivity contribution < 1.29 is 40.6 Å². The van der Waals surface area contributed by atoms with Crippen LogP contribution in [0.1, 0.15) is 99.9 Å². The number of halogens is 1. The molecule has 0 fully saturated rings. The predicted octanol–water partition coefficient (Wildman–Crippen LogP) is 3.98. The van der Waals surface area contributed by atoms with Gasteiger partial charge in [0.1, 0.15) is 12.7 Å². The molecule has 2 rings (SSSR count). The lowest BCUT2D eigenvalue weighted by atomic mass is 10.1. The van der Waals surface area contributed by atoms with Crippen LogP contribution in [0.3, 0.4) is 0 Å². The molecule has 0 aliphatic heterocycles. The van der Waals surface area contributed by atoms with E-state index in [4.69, 9.17) is 14.2 Å². The quantitative estimate of drug-likeness (QED) is 0.127. The number of hydrogen-bond donors (Lipinski definition) is 0. The summed E-state index contributed by atoms with van der Waals surface area (Å²) in [5.74, 6) is -0.320. The van der Waals surface area contributed by atoms with E-state index in [9.17, 15) is 4.79 Å². The maximum absolute atomic E-state index is 12.7. The van der Waals surface area contributed by atoms with Gasteiger partial charge in [0.2, 0.25) is 5.51 Å². The topological polar surface area (TPSA) is 48.6 Å². The fraction of sp³-hybridized carbons (Fsp3) is 0.655. The Hall–Kier alpha value is -1.28. The van der Waals surface area contributed by atoms with Gasteiger partial charge in [0.25, 0.3) is 0 Å². The Labute approximate surface area is 233 Å². The molecule has 1 unspecified atom stereocenters. The highest BCUT2D eigenvalue weighted by Gasteiger charge is 2.18.